The van der Waals surface area contributed by atoms with Crippen LogP contribution in [-0.2, 0) is 6.54 Å². The normalized spacial score (nSPS) is 11.1. The van der Waals surface area contributed by atoms with Crippen LogP contribution < -0.4 is 25.4 Å². The highest BCUT2D eigenvalue weighted by Crippen LogP contribution is 2.30. The molecule has 3 rings (SSSR count). The molecule has 0 saturated heterocycles. The van der Waals surface area contributed by atoms with E-state index in [4.69, 9.17) is 26.8 Å². The zero-order valence-electron chi connectivity index (χ0n) is 23.4. The summed E-state index contributed by atoms with van der Waals surface area (Å²) in [5.74, 6) is 0.550. The van der Waals surface area contributed by atoms with E-state index < -0.39 is 0 Å². The Morgan fingerprint density at radius 1 is 0.923 bits per heavy atom. The van der Waals surface area contributed by atoms with Crippen LogP contribution in [0.4, 0.5) is 11.4 Å². The van der Waals surface area contributed by atoms with Crippen molar-refractivity contribution in [3.8, 4) is 11.5 Å². The molecule has 0 fully saturated rings. The molecule has 39 heavy (non-hydrogen) atoms. The topological polar surface area (TPSA) is 97.1 Å². The molecule has 3 aromatic rings. The molecule has 0 atom stereocenters. The summed E-state index contributed by atoms with van der Waals surface area (Å²) >= 11 is 6.57. The van der Waals surface area contributed by atoms with Gasteiger partial charge < -0.3 is 30.3 Å². The number of nitrogens with zero attached hydrogens (tertiary/aromatic N) is 2. The van der Waals surface area contributed by atoms with Crippen molar-refractivity contribution in [3.63, 3.8) is 0 Å². The maximum atomic E-state index is 13.7. The Bertz CT molecular complexity index is 1310. The molecule has 2 amide bonds. The summed E-state index contributed by atoms with van der Waals surface area (Å²) in [5.41, 5.74) is 8.92. The molecular formula is C30H37ClN4O4. The lowest BCUT2D eigenvalue weighted by atomic mass is 9.92. The number of halogens is 1. The Morgan fingerprint density at radius 3 is 2.15 bits per heavy atom. The molecule has 3 N–H and O–H groups in total. The number of hydrogen-bond donors (Lipinski definition) is 2. The van der Waals surface area contributed by atoms with E-state index in [0.717, 1.165) is 5.69 Å². The number of carbonyl (C=O) groups is 2. The Kier molecular flexibility index (Phi) is 9.83. The minimum Gasteiger partial charge on any atom is -0.493 e. The first kappa shape index (κ1) is 29.8. The van der Waals surface area contributed by atoms with Crippen molar-refractivity contribution in [3.05, 3.63) is 82.4 Å². The molecule has 0 spiro atoms. The molecule has 0 bridgehead atoms. The van der Waals surface area contributed by atoms with Gasteiger partial charge in [-0.05, 0) is 78.2 Å². The summed E-state index contributed by atoms with van der Waals surface area (Å²) in [6.07, 6.45) is 0. The minimum atomic E-state index is -0.344. The third-order valence-electron chi connectivity index (χ3n) is 6.40. The zero-order valence-corrected chi connectivity index (χ0v) is 24.1. The summed E-state index contributed by atoms with van der Waals surface area (Å²) in [7, 11) is 6.95. The number of rotatable bonds is 11. The molecule has 8 nitrogen and oxygen atoms in total. The largest absolute Gasteiger partial charge is 0.493 e. The van der Waals surface area contributed by atoms with Crippen molar-refractivity contribution in [2.75, 3.05) is 51.6 Å². The molecule has 0 unspecified atom stereocenters. The molecule has 208 valence electrons. The summed E-state index contributed by atoms with van der Waals surface area (Å²) in [4.78, 5) is 30.3. The van der Waals surface area contributed by atoms with Crippen LogP contribution >= 0.6 is 11.6 Å². The van der Waals surface area contributed by atoms with Crippen molar-refractivity contribution >= 4 is 34.8 Å². The average molecular weight is 553 g/mol. The number of nitrogens with one attached hydrogen (secondary N) is 1. The summed E-state index contributed by atoms with van der Waals surface area (Å²) in [6, 6.07) is 17.6. The molecule has 0 radical (unpaired) electrons. The monoisotopic (exact) mass is 552 g/mol. The van der Waals surface area contributed by atoms with Crippen LogP contribution in [0.5, 0.6) is 11.5 Å². The number of hydrogen-bond acceptors (Lipinski definition) is 6. The highest BCUT2D eigenvalue weighted by atomic mass is 35.5. The van der Waals surface area contributed by atoms with Gasteiger partial charge in [0.25, 0.3) is 11.8 Å². The fraction of sp³-hybridized carbons (Fsp3) is 0.333. The van der Waals surface area contributed by atoms with Crippen molar-refractivity contribution in [2.45, 2.75) is 20.4 Å². The Morgan fingerprint density at radius 2 is 1.56 bits per heavy atom. The number of benzene rings is 3. The molecule has 3 aromatic carbocycles. The van der Waals surface area contributed by atoms with Gasteiger partial charge in [0.15, 0.2) is 11.5 Å². The van der Waals surface area contributed by atoms with Crippen LogP contribution in [-0.4, -0.2) is 58.1 Å². The van der Waals surface area contributed by atoms with Gasteiger partial charge in [0, 0.05) is 54.7 Å². The number of amides is 2. The molecule has 0 aliphatic carbocycles. The first-order chi connectivity index (χ1) is 18.5. The van der Waals surface area contributed by atoms with E-state index >= 15 is 0 Å². The minimum absolute atomic E-state index is 0.205. The second-order valence-electron chi connectivity index (χ2n) is 10.3. The van der Waals surface area contributed by atoms with Gasteiger partial charge in [0.1, 0.15) is 0 Å². The van der Waals surface area contributed by atoms with Crippen LogP contribution in [0.15, 0.2) is 60.7 Å². The van der Waals surface area contributed by atoms with E-state index in [1.54, 1.807) is 60.5 Å². The first-order valence-corrected chi connectivity index (χ1v) is 12.9. The lowest BCUT2D eigenvalue weighted by molar-refractivity contribution is 0.0673. The Hall–Kier alpha value is -3.75. The third-order valence-corrected chi connectivity index (χ3v) is 6.77. The van der Waals surface area contributed by atoms with E-state index in [2.05, 4.69) is 5.32 Å². The van der Waals surface area contributed by atoms with Crippen LogP contribution in [0.3, 0.4) is 0 Å². The van der Waals surface area contributed by atoms with Gasteiger partial charge in [0.05, 0.1) is 14.2 Å². The van der Waals surface area contributed by atoms with E-state index in [9.17, 15) is 9.59 Å². The maximum absolute atomic E-state index is 13.7. The van der Waals surface area contributed by atoms with E-state index in [1.807, 2.05) is 45.0 Å². The molecule has 0 aromatic heterocycles. The third kappa shape index (κ3) is 7.65. The van der Waals surface area contributed by atoms with Gasteiger partial charge in [-0.25, -0.2) is 0 Å². The summed E-state index contributed by atoms with van der Waals surface area (Å²) in [6.45, 7) is 5.00. The highest BCUT2D eigenvalue weighted by Gasteiger charge is 2.26. The summed E-state index contributed by atoms with van der Waals surface area (Å²) < 4.78 is 10.7. The van der Waals surface area contributed by atoms with Crippen molar-refractivity contribution in [1.82, 2.24) is 4.90 Å². The fourth-order valence-electron chi connectivity index (χ4n) is 4.03. The van der Waals surface area contributed by atoms with Crippen molar-refractivity contribution in [2.24, 2.45) is 11.1 Å². The predicted molar refractivity (Wildman–Crippen MR) is 157 cm³/mol. The van der Waals surface area contributed by atoms with Crippen LogP contribution in [0.2, 0.25) is 5.02 Å². The van der Waals surface area contributed by atoms with Crippen LogP contribution in [0.25, 0.3) is 0 Å². The maximum Gasteiger partial charge on any atom is 0.255 e. The van der Waals surface area contributed by atoms with Gasteiger partial charge in [-0.1, -0.05) is 25.4 Å². The molecule has 9 heteroatoms. The van der Waals surface area contributed by atoms with Crippen LogP contribution in [0, 0.1) is 5.41 Å². The van der Waals surface area contributed by atoms with E-state index in [0.29, 0.717) is 52.0 Å². The van der Waals surface area contributed by atoms with Crippen molar-refractivity contribution < 1.29 is 19.1 Å². The smallest absolute Gasteiger partial charge is 0.255 e. The Labute approximate surface area is 235 Å². The van der Waals surface area contributed by atoms with Crippen LogP contribution in [0.1, 0.15) is 40.1 Å². The van der Waals surface area contributed by atoms with Gasteiger partial charge in [-0.2, -0.15) is 0 Å². The van der Waals surface area contributed by atoms with Gasteiger partial charge in [0.2, 0.25) is 0 Å². The standard InChI is InChI=1S/C30H37ClN4O4/c1-30(2,18-32)19-35(29(37)21-9-14-26(38-5)27(16-21)39-6)17-22-15-23(10-13-25(22)31)33-28(36)20-7-11-24(12-8-20)34(3)4/h7-16H,17-19,32H2,1-6H3,(H,33,36). The lowest BCUT2D eigenvalue weighted by Crippen LogP contribution is -2.41. The highest BCUT2D eigenvalue weighted by molar-refractivity contribution is 6.31. The Balaban J connectivity index is 1.88. The average Bonchev–Trinajstić information content (AvgIpc) is 2.93. The number of carbonyl (C=O) groups excluding carboxylic acids is 2. The van der Waals surface area contributed by atoms with Gasteiger partial charge in [-0.3, -0.25) is 9.59 Å². The zero-order chi connectivity index (χ0) is 28.7. The number of anilines is 2. The van der Waals surface area contributed by atoms with E-state index in [1.165, 1.54) is 7.11 Å². The molecule has 0 saturated carbocycles. The molecule has 0 aliphatic heterocycles. The molecular weight excluding hydrogens is 516 g/mol. The van der Waals surface area contributed by atoms with Gasteiger partial charge >= 0.3 is 0 Å². The summed E-state index contributed by atoms with van der Waals surface area (Å²) in [5, 5.41) is 3.42. The number of nitrogens with two attached hydrogens (primary N) is 1. The lowest BCUT2D eigenvalue weighted by Gasteiger charge is -2.32. The van der Waals surface area contributed by atoms with E-state index in [-0.39, 0.29) is 23.8 Å². The SMILES string of the molecule is COc1ccc(C(=O)N(Cc2cc(NC(=O)c3ccc(N(C)C)cc3)ccc2Cl)CC(C)(C)CN)cc1OC. The second kappa shape index (κ2) is 12.9. The predicted octanol–water partition coefficient (Wildman–Crippen LogP) is 5.30. The van der Waals surface area contributed by atoms with Crippen molar-refractivity contribution in [1.29, 1.82) is 0 Å². The fourth-order valence-corrected chi connectivity index (χ4v) is 4.20. The molecule has 0 heterocycles. The quantitative estimate of drug-likeness (QED) is 0.335. The molecule has 0 aliphatic rings. The number of methoxy groups -OCH3 is 2. The van der Waals surface area contributed by atoms with Gasteiger partial charge in [-0.15, -0.1) is 0 Å². The number of ether oxygens (including phenoxy) is 2. The first-order valence-electron chi connectivity index (χ1n) is 12.6. The second-order valence-corrected chi connectivity index (χ2v) is 10.7.